The molecule has 10 heteroatoms. The molecule has 1 N–H and O–H groups in total. The van der Waals surface area contributed by atoms with E-state index >= 15 is 0 Å². The van der Waals surface area contributed by atoms with Gasteiger partial charge in [-0.05, 0) is 68.5 Å². The number of hydrogen-bond donors (Lipinski definition) is 1. The molecule has 1 atom stereocenters. The number of anilines is 1. The van der Waals surface area contributed by atoms with Gasteiger partial charge in [-0.3, -0.25) is 13.9 Å². The highest BCUT2D eigenvalue weighted by Crippen LogP contribution is 2.28. The van der Waals surface area contributed by atoms with Crippen molar-refractivity contribution >= 4 is 50.7 Å². The number of rotatable bonds is 10. The van der Waals surface area contributed by atoms with Gasteiger partial charge in [-0.25, -0.2) is 8.42 Å². The van der Waals surface area contributed by atoms with Gasteiger partial charge in [-0.1, -0.05) is 61.5 Å². The molecule has 0 unspecified atom stereocenters. The van der Waals surface area contributed by atoms with E-state index < -0.39 is 28.5 Å². The molecule has 3 rings (SSSR count). The molecule has 1 aliphatic rings. The molecule has 0 aromatic heterocycles. The van der Waals surface area contributed by atoms with Crippen LogP contribution in [0.1, 0.15) is 62.1 Å². The second kappa shape index (κ2) is 13.2. The van der Waals surface area contributed by atoms with E-state index in [-0.39, 0.29) is 18.5 Å². The fraction of sp³-hybridized carbons (Fsp3) is 0.500. The van der Waals surface area contributed by atoms with Crippen LogP contribution < -0.4 is 9.62 Å². The molecule has 1 fully saturated rings. The van der Waals surface area contributed by atoms with Crippen LogP contribution in [0.5, 0.6) is 0 Å². The average Bonchev–Trinajstić information content (AvgIpc) is 2.83. The lowest BCUT2D eigenvalue weighted by Crippen LogP contribution is -2.54. The highest BCUT2D eigenvalue weighted by Gasteiger charge is 2.33. The highest BCUT2D eigenvalue weighted by molar-refractivity contribution is 7.92. The van der Waals surface area contributed by atoms with E-state index in [4.69, 9.17) is 23.2 Å². The number of benzene rings is 2. The zero-order valence-corrected chi connectivity index (χ0v) is 24.8. The van der Waals surface area contributed by atoms with Gasteiger partial charge in [-0.2, -0.15) is 0 Å². The van der Waals surface area contributed by atoms with Crippen LogP contribution >= 0.6 is 23.2 Å². The summed E-state index contributed by atoms with van der Waals surface area (Å²) >= 11 is 12.9. The third-order valence-corrected chi connectivity index (χ3v) is 8.75. The predicted molar refractivity (Wildman–Crippen MR) is 154 cm³/mol. The standard InChI is InChI=1S/C28H37Cl2N3O4S/c1-5-26(28(35)31-21-10-7-6-8-11-21)32(17-23-24(29)12-9-13-25(23)30)27(34)18-33(38(4,36)37)22-15-19(2)14-20(3)16-22/h9,12-16,21,26H,5-8,10-11,17-18H2,1-4H3,(H,31,35)/t26-/m0/s1. The van der Waals surface area contributed by atoms with Crippen LogP contribution in [0.4, 0.5) is 5.69 Å². The zero-order chi connectivity index (χ0) is 28.0. The fourth-order valence-corrected chi connectivity index (χ4v) is 6.38. The molecule has 2 amide bonds. The summed E-state index contributed by atoms with van der Waals surface area (Å²) in [6, 6.07) is 9.68. The van der Waals surface area contributed by atoms with Crippen molar-refractivity contribution in [1.82, 2.24) is 10.2 Å². The van der Waals surface area contributed by atoms with Crippen molar-refractivity contribution in [2.45, 2.75) is 77.9 Å². The molecule has 0 aliphatic heterocycles. The van der Waals surface area contributed by atoms with Gasteiger partial charge in [-0.15, -0.1) is 0 Å². The molecule has 1 aliphatic carbocycles. The third-order valence-electron chi connectivity index (χ3n) is 6.90. The number of halogens is 2. The zero-order valence-electron chi connectivity index (χ0n) is 22.5. The van der Waals surface area contributed by atoms with Gasteiger partial charge >= 0.3 is 0 Å². The predicted octanol–water partition coefficient (Wildman–Crippen LogP) is 5.63. The molecular weight excluding hydrogens is 545 g/mol. The second-order valence-electron chi connectivity index (χ2n) is 10.1. The second-order valence-corrected chi connectivity index (χ2v) is 12.8. The summed E-state index contributed by atoms with van der Waals surface area (Å²) in [6.45, 7) is 5.08. The van der Waals surface area contributed by atoms with Crippen molar-refractivity contribution in [1.29, 1.82) is 0 Å². The van der Waals surface area contributed by atoms with E-state index in [1.54, 1.807) is 30.3 Å². The van der Waals surface area contributed by atoms with E-state index in [0.29, 0.717) is 27.7 Å². The van der Waals surface area contributed by atoms with E-state index in [9.17, 15) is 18.0 Å². The van der Waals surface area contributed by atoms with Crippen molar-refractivity contribution in [3.63, 3.8) is 0 Å². The minimum Gasteiger partial charge on any atom is -0.352 e. The lowest BCUT2D eigenvalue weighted by molar-refractivity contribution is -0.140. The molecule has 38 heavy (non-hydrogen) atoms. The topological polar surface area (TPSA) is 86.8 Å². The van der Waals surface area contributed by atoms with Gasteiger partial charge in [0.05, 0.1) is 11.9 Å². The monoisotopic (exact) mass is 581 g/mol. The van der Waals surface area contributed by atoms with Crippen molar-refractivity contribution in [2.75, 3.05) is 17.1 Å². The van der Waals surface area contributed by atoms with Crippen LogP contribution in [0.2, 0.25) is 10.0 Å². The quantitative estimate of drug-likeness (QED) is 0.393. The molecule has 7 nitrogen and oxygen atoms in total. The SMILES string of the molecule is CC[C@@H](C(=O)NC1CCCCC1)N(Cc1c(Cl)cccc1Cl)C(=O)CN(c1cc(C)cc(C)c1)S(C)(=O)=O. The van der Waals surface area contributed by atoms with Crippen LogP contribution in [0, 0.1) is 13.8 Å². The Balaban J connectivity index is 1.98. The molecule has 2 aromatic rings. The Bertz CT molecular complexity index is 1220. The summed E-state index contributed by atoms with van der Waals surface area (Å²) in [4.78, 5) is 28.8. The fourth-order valence-electron chi connectivity index (χ4n) is 5.03. The summed E-state index contributed by atoms with van der Waals surface area (Å²) in [7, 11) is -3.81. The number of amides is 2. The Kier molecular flexibility index (Phi) is 10.5. The number of aryl methyl sites for hydroxylation is 2. The largest absolute Gasteiger partial charge is 0.352 e. The number of carbonyl (C=O) groups is 2. The summed E-state index contributed by atoms with van der Waals surface area (Å²) in [5.74, 6) is -0.774. The Morgan fingerprint density at radius 2 is 1.61 bits per heavy atom. The van der Waals surface area contributed by atoms with Crippen molar-refractivity contribution in [3.8, 4) is 0 Å². The lowest BCUT2D eigenvalue weighted by atomic mass is 9.95. The van der Waals surface area contributed by atoms with Gasteiger partial charge in [0.2, 0.25) is 21.8 Å². The van der Waals surface area contributed by atoms with E-state index in [1.165, 1.54) is 4.90 Å². The lowest BCUT2D eigenvalue weighted by Gasteiger charge is -2.34. The van der Waals surface area contributed by atoms with Crippen molar-refractivity contribution < 1.29 is 18.0 Å². The first-order valence-electron chi connectivity index (χ1n) is 13.0. The molecule has 0 radical (unpaired) electrons. The maximum absolute atomic E-state index is 13.9. The minimum absolute atomic E-state index is 0.0294. The van der Waals surface area contributed by atoms with Crippen LogP contribution in [-0.2, 0) is 26.2 Å². The molecule has 1 saturated carbocycles. The molecule has 0 heterocycles. The normalized spacial score (nSPS) is 15.1. The third kappa shape index (κ3) is 7.87. The molecular formula is C28H37Cl2N3O4S. The molecule has 0 bridgehead atoms. The van der Waals surface area contributed by atoms with Gasteiger partial charge in [0.1, 0.15) is 12.6 Å². The highest BCUT2D eigenvalue weighted by atomic mass is 35.5. The molecule has 0 spiro atoms. The molecule has 2 aromatic carbocycles. The van der Waals surface area contributed by atoms with Gasteiger partial charge in [0.25, 0.3) is 0 Å². The maximum Gasteiger partial charge on any atom is 0.244 e. The summed E-state index contributed by atoms with van der Waals surface area (Å²) in [6.07, 6.45) is 6.48. The number of nitrogens with one attached hydrogen (secondary N) is 1. The number of hydrogen-bond acceptors (Lipinski definition) is 4. The Labute approximate surface area is 236 Å². The van der Waals surface area contributed by atoms with Crippen LogP contribution in [-0.4, -0.2) is 50.0 Å². The van der Waals surface area contributed by atoms with Gasteiger partial charge in [0.15, 0.2) is 0 Å². The number of nitrogens with zero attached hydrogens (tertiary/aromatic N) is 2. The van der Waals surface area contributed by atoms with E-state index in [1.807, 2.05) is 26.8 Å². The van der Waals surface area contributed by atoms with E-state index in [0.717, 1.165) is 53.8 Å². The number of sulfonamides is 1. The first-order valence-corrected chi connectivity index (χ1v) is 15.6. The Morgan fingerprint density at radius 1 is 1.03 bits per heavy atom. The Morgan fingerprint density at radius 3 is 2.13 bits per heavy atom. The smallest absolute Gasteiger partial charge is 0.244 e. The summed E-state index contributed by atoms with van der Waals surface area (Å²) in [5, 5.41) is 3.86. The minimum atomic E-state index is -3.81. The summed E-state index contributed by atoms with van der Waals surface area (Å²) in [5.41, 5.74) is 2.65. The van der Waals surface area contributed by atoms with Crippen molar-refractivity contribution in [3.05, 3.63) is 63.1 Å². The van der Waals surface area contributed by atoms with Crippen LogP contribution in [0.3, 0.4) is 0 Å². The first-order chi connectivity index (χ1) is 17.9. The average molecular weight is 583 g/mol. The summed E-state index contributed by atoms with van der Waals surface area (Å²) < 4.78 is 26.8. The van der Waals surface area contributed by atoms with Crippen molar-refractivity contribution in [2.24, 2.45) is 0 Å². The van der Waals surface area contributed by atoms with Gasteiger partial charge < -0.3 is 10.2 Å². The maximum atomic E-state index is 13.9. The van der Waals surface area contributed by atoms with Crippen LogP contribution in [0.25, 0.3) is 0 Å². The van der Waals surface area contributed by atoms with Crippen LogP contribution in [0.15, 0.2) is 36.4 Å². The van der Waals surface area contributed by atoms with E-state index in [2.05, 4.69) is 5.32 Å². The molecule has 208 valence electrons. The Hall–Kier alpha value is -2.29. The molecule has 0 saturated heterocycles. The first kappa shape index (κ1) is 30.3. The number of carbonyl (C=O) groups excluding carboxylic acids is 2. The van der Waals surface area contributed by atoms with Gasteiger partial charge in [0, 0.05) is 28.2 Å².